The SMILES string of the molecule is CC(NC(=O)Nc1ccc(Cl)cc1)c1nc2cc(Cl)ccc2c(=O)n1C. The number of hydrogen-bond donors (Lipinski definition) is 2. The number of aromatic nitrogens is 2. The first-order valence-electron chi connectivity index (χ1n) is 7.84. The number of rotatable bonds is 3. The number of carbonyl (C=O) groups excluding carboxylic acids is 1. The highest BCUT2D eigenvalue weighted by molar-refractivity contribution is 6.31. The predicted octanol–water partition coefficient (Wildman–Crippen LogP) is 4.12. The lowest BCUT2D eigenvalue weighted by Gasteiger charge is -2.17. The second-order valence-corrected chi connectivity index (χ2v) is 6.70. The Kier molecular flexibility index (Phi) is 5.15. The Balaban J connectivity index is 1.84. The van der Waals surface area contributed by atoms with Crippen molar-refractivity contribution >= 4 is 45.8 Å². The molecular formula is C18H16Cl2N4O2. The standard InChI is InChI=1S/C18H16Cl2N4O2/c1-10(21-18(26)22-13-6-3-11(19)4-7-13)16-23-15-9-12(20)5-8-14(15)17(25)24(16)2/h3-10H,1-2H3,(H2,21,22,26). The van der Waals surface area contributed by atoms with Crippen molar-refractivity contribution < 1.29 is 4.79 Å². The van der Waals surface area contributed by atoms with Gasteiger partial charge in [-0.15, -0.1) is 0 Å². The smallest absolute Gasteiger partial charge is 0.319 e. The predicted molar refractivity (Wildman–Crippen MR) is 104 cm³/mol. The summed E-state index contributed by atoms with van der Waals surface area (Å²) in [7, 11) is 1.62. The molecule has 8 heteroatoms. The highest BCUT2D eigenvalue weighted by atomic mass is 35.5. The average molecular weight is 391 g/mol. The van der Waals surface area contributed by atoms with Crippen molar-refractivity contribution in [3.63, 3.8) is 0 Å². The second kappa shape index (κ2) is 7.35. The molecule has 2 aromatic carbocycles. The van der Waals surface area contributed by atoms with E-state index in [4.69, 9.17) is 23.2 Å². The molecule has 26 heavy (non-hydrogen) atoms. The fourth-order valence-electron chi connectivity index (χ4n) is 2.61. The molecule has 1 unspecified atom stereocenters. The highest BCUT2D eigenvalue weighted by Gasteiger charge is 2.16. The van der Waals surface area contributed by atoms with Crippen LogP contribution in [0.25, 0.3) is 10.9 Å². The summed E-state index contributed by atoms with van der Waals surface area (Å²) in [6.07, 6.45) is 0. The summed E-state index contributed by atoms with van der Waals surface area (Å²) in [5, 5.41) is 7.02. The summed E-state index contributed by atoms with van der Waals surface area (Å²) in [6, 6.07) is 10.7. The van der Waals surface area contributed by atoms with Gasteiger partial charge in [-0.1, -0.05) is 23.2 Å². The number of fused-ring (bicyclic) bond motifs is 1. The number of carbonyl (C=O) groups is 1. The number of hydrogen-bond acceptors (Lipinski definition) is 3. The summed E-state index contributed by atoms with van der Waals surface area (Å²) in [4.78, 5) is 29.2. The van der Waals surface area contributed by atoms with E-state index in [9.17, 15) is 9.59 Å². The minimum atomic E-state index is -0.497. The van der Waals surface area contributed by atoms with E-state index in [1.54, 1.807) is 56.4 Å². The van der Waals surface area contributed by atoms with Crippen LogP contribution in [0.2, 0.25) is 10.0 Å². The first-order chi connectivity index (χ1) is 12.3. The number of nitrogens with one attached hydrogen (secondary N) is 2. The maximum atomic E-state index is 12.5. The number of halogens is 2. The Morgan fingerprint density at radius 1 is 1.12 bits per heavy atom. The van der Waals surface area contributed by atoms with Gasteiger partial charge in [-0.05, 0) is 49.4 Å². The monoisotopic (exact) mass is 390 g/mol. The van der Waals surface area contributed by atoms with Gasteiger partial charge in [-0.25, -0.2) is 9.78 Å². The molecule has 0 fully saturated rings. The van der Waals surface area contributed by atoms with Crippen LogP contribution in [0.4, 0.5) is 10.5 Å². The maximum Gasteiger partial charge on any atom is 0.319 e. The van der Waals surface area contributed by atoms with Gasteiger partial charge in [0, 0.05) is 22.8 Å². The summed E-state index contributed by atoms with van der Waals surface area (Å²) in [6.45, 7) is 1.75. The van der Waals surface area contributed by atoms with Gasteiger partial charge in [0.25, 0.3) is 5.56 Å². The van der Waals surface area contributed by atoms with Gasteiger partial charge in [-0.2, -0.15) is 0 Å². The van der Waals surface area contributed by atoms with Gasteiger partial charge >= 0.3 is 6.03 Å². The van der Waals surface area contributed by atoms with Crippen molar-refractivity contribution in [2.45, 2.75) is 13.0 Å². The molecule has 0 saturated heterocycles. The Bertz CT molecular complexity index is 1030. The Labute approximate surface area is 159 Å². The summed E-state index contributed by atoms with van der Waals surface area (Å²) < 4.78 is 1.42. The summed E-state index contributed by atoms with van der Waals surface area (Å²) >= 11 is 11.8. The normalized spacial score (nSPS) is 12.0. The molecule has 0 saturated carbocycles. The Morgan fingerprint density at radius 2 is 1.77 bits per heavy atom. The second-order valence-electron chi connectivity index (χ2n) is 5.82. The van der Waals surface area contributed by atoms with E-state index >= 15 is 0 Å². The van der Waals surface area contributed by atoms with Crippen molar-refractivity contribution in [3.05, 3.63) is 68.7 Å². The van der Waals surface area contributed by atoms with Crippen LogP contribution in [0.1, 0.15) is 18.8 Å². The topological polar surface area (TPSA) is 76.0 Å². The lowest BCUT2D eigenvalue weighted by atomic mass is 10.2. The largest absolute Gasteiger partial charge is 0.328 e. The first-order valence-corrected chi connectivity index (χ1v) is 8.60. The van der Waals surface area contributed by atoms with Gasteiger partial charge in [0.05, 0.1) is 16.9 Å². The molecule has 134 valence electrons. The number of urea groups is 1. The van der Waals surface area contributed by atoms with E-state index in [1.807, 2.05) is 0 Å². The van der Waals surface area contributed by atoms with Crippen molar-refractivity contribution in [1.82, 2.24) is 14.9 Å². The quantitative estimate of drug-likeness (QED) is 0.705. The number of anilines is 1. The molecule has 6 nitrogen and oxygen atoms in total. The highest BCUT2D eigenvalue weighted by Crippen LogP contribution is 2.18. The molecule has 0 aliphatic heterocycles. The number of nitrogens with zero attached hydrogens (tertiary/aromatic N) is 2. The lowest BCUT2D eigenvalue weighted by molar-refractivity contribution is 0.248. The van der Waals surface area contributed by atoms with Gasteiger partial charge in [0.15, 0.2) is 0 Å². The van der Waals surface area contributed by atoms with Crippen molar-refractivity contribution in [1.29, 1.82) is 0 Å². The zero-order valence-corrected chi connectivity index (χ0v) is 15.6. The molecule has 0 aliphatic carbocycles. The van der Waals surface area contributed by atoms with E-state index < -0.39 is 12.1 Å². The molecule has 3 aromatic rings. The minimum Gasteiger partial charge on any atom is -0.328 e. The lowest BCUT2D eigenvalue weighted by Crippen LogP contribution is -2.35. The van der Waals surface area contributed by atoms with E-state index in [-0.39, 0.29) is 5.56 Å². The van der Waals surface area contributed by atoms with Crippen LogP contribution in [-0.4, -0.2) is 15.6 Å². The van der Waals surface area contributed by atoms with Gasteiger partial charge in [0.2, 0.25) is 0 Å². The van der Waals surface area contributed by atoms with Crippen molar-refractivity contribution in [2.24, 2.45) is 7.05 Å². The molecule has 0 aliphatic rings. The van der Waals surface area contributed by atoms with Gasteiger partial charge in [-0.3, -0.25) is 9.36 Å². The average Bonchev–Trinajstić information content (AvgIpc) is 2.59. The van der Waals surface area contributed by atoms with E-state index in [0.29, 0.717) is 32.5 Å². The minimum absolute atomic E-state index is 0.201. The van der Waals surface area contributed by atoms with Gasteiger partial charge < -0.3 is 10.6 Å². The van der Waals surface area contributed by atoms with Crippen LogP contribution < -0.4 is 16.2 Å². The number of amides is 2. The third-order valence-corrected chi connectivity index (χ3v) is 4.40. The summed E-state index contributed by atoms with van der Waals surface area (Å²) in [5.41, 5.74) is 0.891. The molecule has 1 heterocycles. The van der Waals surface area contributed by atoms with E-state index in [1.165, 1.54) is 4.57 Å². The molecule has 1 atom stereocenters. The van der Waals surface area contributed by atoms with Crippen LogP contribution in [0, 0.1) is 0 Å². The molecular weight excluding hydrogens is 375 g/mol. The van der Waals surface area contributed by atoms with Crippen LogP contribution in [0.5, 0.6) is 0 Å². The molecule has 2 N–H and O–H groups in total. The number of benzene rings is 2. The van der Waals surface area contributed by atoms with E-state index in [2.05, 4.69) is 15.6 Å². The molecule has 1 aromatic heterocycles. The van der Waals surface area contributed by atoms with Crippen LogP contribution in [0.15, 0.2) is 47.3 Å². The van der Waals surface area contributed by atoms with Crippen LogP contribution in [-0.2, 0) is 7.05 Å². The maximum absolute atomic E-state index is 12.5. The van der Waals surface area contributed by atoms with Crippen LogP contribution >= 0.6 is 23.2 Å². The third kappa shape index (κ3) is 3.81. The van der Waals surface area contributed by atoms with Crippen molar-refractivity contribution in [3.8, 4) is 0 Å². The van der Waals surface area contributed by atoms with Crippen LogP contribution in [0.3, 0.4) is 0 Å². The zero-order valence-electron chi connectivity index (χ0n) is 14.1. The Hall–Kier alpha value is -2.57. The fraction of sp³-hybridized carbons (Fsp3) is 0.167. The first kappa shape index (κ1) is 18.2. The fourth-order valence-corrected chi connectivity index (χ4v) is 2.90. The van der Waals surface area contributed by atoms with Crippen molar-refractivity contribution in [2.75, 3.05) is 5.32 Å². The Morgan fingerprint density at radius 3 is 2.46 bits per heavy atom. The molecule has 0 spiro atoms. The van der Waals surface area contributed by atoms with Gasteiger partial charge in [0.1, 0.15) is 5.82 Å². The zero-order chi connectivity index (χ0) is 18.8. The molecule has 0 bridgehead atoms. The molecule has 3 rings (SSSR count). The van der Waals surface area contributed by atoms with E-state index in [0.717, 1.165) is 0 Å². The molecule has 2 amide bonds. The molecule has 0 radical (unpaired) electrons. The third-order valence-electron chi connectivity index (χ3n) is 3.91. The summed E-state index contributed by atoms with van der Waals surface area (Å²) in [5.74, 6) is 0.427.